The summed E-state index contributed by atoms with van der Waals surface area (Å²) in [6.07, 6.45) is 2.10. The van der Waals surface area contributed by atoms with E-state index < -0.39 is 0 Å². The molecule has 106 valence electrons. The van der Waals surface area contributed by atoms with E-state index in [9.17, 15) is 0 Å². The molecule has 0 saturated heterocycles. The van der Waals surface area contributed by atoms with Gasteiger partial charge in [0.15, 0.2) is 0 Å². The van der Waals surface area contributed by atoms with Crippen LogP contribution in [0.5, 0.6) is 5.75 Å². The number of ether oxygens (including phenoxy) is 1. The van der Waals surface area contributed by atoms with E-state index in [0.29, 0.717) is 6.04 Å². The normalized spacial score (nSPS) is 12.2. The average Bonchev–Trinajstić information content (AvgIpc) is 2.49. The first-order valence-electron chi connectivity index (χ1n) is 6.79. The van der Waals surface area contributed by atoms with Crippen LogP contribution in [0.25, 0.3) is 0 Å². The fourth-order valence-electron chi connectivity index (χ4n) is 2.34. The van der Waals surface area contributed by atoms with Crippen LogP contribution in [0, 0.1) is 0 Å². The summed E-state index contributed by atoms with van der Waals surface area (Å²) in [7, 11) is 3.70. The van der Waals surface area contributed by atoms with Gasteiger partial charge in [0.25, 0.3) is 0 Å². The molecular weight excluding hydrogens is 314 g/mol. The van der Waals surface area contributed by atoms with Gasteiger partial charge in [-0.15, -0.1) is 0 Å². The lowest BCUT2D eigenvalue weighted by Crippen LogP contribution is -2.17. The van der Waals surface area contributed by atoms with Gasteiger partial charge < -0.3 is 10.1 Å². The van der Waals surface area contributed by atoms with Crippen molar-refractivity contribution in [2.45, 2.75) is 18.9 Å². The van der Waals surface area contributed by atoms with Crippen molar-refractivity contribution in [3.05, 3.63) is 64.1 Å². The maximum Gasteiger partial charge on any atom is 0.133 e. The molecule has 1 atom stereocenters. The number of methoxy groups -OCH3 is 1. The maximum atomic E-state index is 5.26. The molecule has 0 aliphatic heterocycles. The molecule has 0 aromatic heterocycles. The molecular formula is C17H20BrNO. The lowest BCUT2D eigenvalue weighted by Gasteiger charge is -2.17. The monoisotopic (exact) mass is 333 g/mol. The summed E-state index contributed by atoms with van der Waals surface area (Å²) in [5.74, 6) is 0.877. The minimum absolute atomic E-state index is 0.386. The maximum absolute atomic E-state index is 5.26. The zero-order chi connectivity index (χ0) is 14.4. The molecule has 2 nitrogen and oxygen atoms in total. The van der Waals surface area contributed by atoms with E-state index in [1.54, 1.807) is 7.11 Å². The fraction of sp³-hybridized carbons (Fsp3) is 0.294. The predicted octanol–water partition coefficient (Wildman–Crippen LogP) is 4.35. The summed E-state index contributed by atoms with van der Waals surface area (Å²) in [5.41, 5.74) is 2.65. The molecule has 2 rings (SSSR count). The van der Waals surface area contributed by atoms with E-state index in [-0.39, 0.29) is 0 Å². The van der Waals surface area contributed by atoms with E-state index in [1.807, 2.05) is 13.1 Å². The molecule has 0 radical (unpaired) electrons. The largest absolute Gasteiger partial charge is 0.496 e. The molecule has 1 N–H and O–H groups in total. The Hall–Kier alpha value is -1.32. The van der Waals surface area contributed by atoms with Gasteiger partial charge in [-0.2, -0.15) is 0 Å². The van der Waals surface area contributed by atoms with Crippen LogP contribution in [0.4, 0.5) is 0 Å². The fourth-order valence-corrected chi connectivity index (χ4v) is 2.93. The Balaban J connectivity index is 2.02. The Bertz CT molecular complexity index is 542. The SMILES string of the molecule is CNC(CCc1ccc(OC)c(Br)c1)c1ccccc1. The van der Waals surface area contributed by atoms with Gasteiger partial charge >= 0.3 is 0 Å². The molecule has 0 spiro atoms. The molecule has 0 fully saturated rings. The summed E-state index contributed by atoms with van der Waals surface area (Å²) in [5, 5.41) is 3.39. The van der Waals surface area contributed by atoms with Crippen LogP contribution in [0.3, 0.4) is 0 Å². The van der Waals surface area contributed by atoms with Crippen molar-refractivity contribution in [3.8, 4) is 5.75 Å². The van der Waals surface area contributed by atoms with Crippen molar-refractivity contribution >= 4 is 15.9 Å². The molecule has 2 aromatic rings. The Morgan fingerprint density at radius 1 is 1.15 bits per heavy atom. The van der Waals surface area contributed by atoms with Crippen molar-refractivity contribution in [2.24, 2.45) is 0 Å². The Morgan fingerprint density at radius 2 is 1.90 bits per heavy atom. The van der Waals surface area contributed by atoms with Gasteiger partial charge in [-0.05, 0) is 59.1 Å². The van der Waals surface area contributed by atoms with Gasteiger partial charge in [0.2, 0.25) is 0 Å². The number of hydrogen-bond acceptors (Lipinski definition) is 2. The number of halogens is 1. The lowest BCUT2D eigenvalue weighted by atomic mass is 9.99. The number of hydrogen-bond donors (Lipinski definition) is 1. The minimum Gasteiger partial charge on any atom is -0.496 e. The van der Waals surface area contributed by atoms with Crippen LogP contribution in [-0.2, 0) is 6.42 Å². The molecule has 0 saturated carbocycles. The lowest BCUT2D eigenvalue weighted by molar-refractivity contribution is 0.412. The number of benzene rings is 2. The van der Waals surface area contributed by atoms with Crippen LogP contribution < -0.4 is 10.1 Å². The topological polar surface area (TPSA) is 21.3 Å². The second kappa shape index (κ2) is 7.46. The Kier molecular flexibility index (Phi) is 5.62. The highest BCUT2D eigenvalue weighted by Crippen LogP contribution is 2.27. The first-order valence-corrected chi connectivity index (χ1v) is 7.58. The van der Waals surface area contributed by atoms with Crippen LogP contribution in [-0.4, -0.2) is 14.2 Å². The number of rotatable bonds is 6. The minimum atomic E-state index is 0.386. The van der Waals surface area contributed by atoms with E-state index in [2.05, 4.69) is 63.7 Å². The summed E-state index contributed by atoms with van der Waals surface area (Å²) in [4.78, 5) is 0. The first-order chi connectivity index (χ1) is 9.74. The van der Waals surface area contributed by atoms with Crippen molar-refractivity contribution in [1.29, 1.82) is 0 Å². The molecule has 0 amide bonds. The highest BCUT2D eigenvalue weighted by atomic mass is 79.9. The molecule has 0 bridgehead atoms. The molecule has 2 aromatic carbocycles. The zero-order valence-corrected chi connectivity index (χ0v) is 13.5. The van der Waals surface area contributed by atoms with Crippen molar-refractivity contribution < 1.29 is 4.74 Å². The third-order valence-corrected chi connectivity index (χ3v) is 4.11. The first kappa shape index (κ1) is 15.1. The van der Waals surface area contributed by atoms with E-state index in [1.165, 1.54) is 11.1 Å². The quantitative estimate of drug-likeness (QED) is 0.848. The highest BCUT2D eigenvalue weighted by Gasteiger charge is 2.09. The predicted molar refractivity (Wildman–Crippen MR) is 87.3 cm³/mol. The summed E-state index contributed by atoms with van der Waals surface area (Å²) in [6.45, 7) is 0. The van der Waals surface area contributed by atoms with Gasteiger partial charge in [-0.25, -0.2) is 0 Å². The van der Waals surface area contributed by atoms with Gasteiger partial charge in [0, 0.05) is 6.04 Å². The van der Waals surface area contributed by atoms with Crippen molar-refractivity contribution in [3.63, 3.8) is 0 Å². The van der Waals surface area contributed by atoms with Gasteiger partial charge in [0.1, 0.15) is 5.75 Å². The molecule has 3 heteroatoms. The smallest absolute Gasteiger partial charge is 0.133 e. The highest BCUT2D eigenvalue weighted by molar-refractivity contribution is 9.10. The zero-order valence-electron chi connectivity index (χ0n) is 11.9. The van der Waals surface area contributed by atoms with Crippen LogP contribution in [0.2, 0.25) is 0 Å². The third kappa shape index (κ3) is 3.84. The average molecular weight is 334 g/mol. The Morgan fingerprint density at radius 3 is 2.50 bits per heavy atom. The second-order valence-electron chi connectivity index (χ2n) is 4.76. The van der Waals surface area contributed by atoms with Crippen LogP contribution in [0.1, 0.15) is 23.6 Å². The molecule has 0 heterocycles. The summed E-state index contributed by atoms with van der Waals surface area (Å²) < 4.78 is 6.27. The van der Waals surface area contributed by atoms with Crippen LogP contribution >= 0.6 is 15.9 Å². The number of nitrogens with one attached hydrogen (secondary N) is 1. The van der Waals surface area contributed by atoms with Crippen molar-refractivity contribution in [1.82, 2.24) is 5.32 Å². The Labute approximate surface area is 129 Å². The molecule has 1 unspecified atom stereocenters. The second-order valence-corrected chi connectivity index (χ2v) is 5.61. The van der Waals surface area contributed by atoms with E-state index in [0.717, 1.165) is 23.1 Å². The van der Waals surface area contributed by atoms with Gasteiger partial charge in [-0.3, -0.25) is 0 Å². The molecule has 0 aliphatic carbocycles. The van der Waals surface area contributed by atoms with Crippen LogP contribution in [0.15, 0.2) is 53.0 Å². The van der Waals surface area contributed by atoms with E-state index >= 15 is 0 Å². The van der Waals surface area contributed by atoms with Gasteiger partial charge in [0.05, 0.1) is 11.6 Å². The van der Waals surface area contributed by atoms with Crippen molar-refractivity contribution in [2.75, 3.05) is 14.2 Å². The third-order valence-electron chi connectivity index (χ3n) is 3.49. The molecule has 20 heavy (non-hydrogen) atoms. The molecule has 0 aliphatic rings. The summed E-state index contributed by atoms with van der Waals surface area (Å²) in [6, 6.07) is 17.2. The van der Waals surface area contributed by atoms with Gasteiger partial charge in [-0.1, -0.05) is 36.4 Å². The number of aryl methyl sites for hydroxylation is 1. The standard InChI is InChI=1S/C17H20BrNO/c1-19-16(14-6-4-3-5-7-14)10-8-13-9-11-17(20-2)15(18)12-13/h3-7,9,11-12,16,19H,8,10H2,1-2H3. The van der Waals surface area contributed by atoms with E-state index in [4.69, 9.17) is 4.74 Å². The summed E-state index contributed by atoms with van der Waals surface area (Å²) >= 11 is 3.54.